The van der Waals surface area contributed by atoms with Crippen LogP contribution in [0.4, 0.5) is 4.39 Å². The number of benzene rings is 2. The molecule has 1 amide bonds. The van der Waals surface area contributed by atoms with Gasteiger partial charge in [0.1, 0.15) is 5.82 Å². The zero-order valence-electron chi connectivity index (χ0n) is 17.3. The highest BCUT2D eigenvalue weighted by Crippen LogP contribution is 2.29. The summed E-state index contributed by atoms with van der Waals surface area (Å²) in [6.07, 6.45) is 2.01. The van der Waals surface area contributed by atoms with E-state index in [0.717, 1.165) is 16.7 Å². The summed E-state index contributed by atoms with van der Waals surface area (Å²) >= 11 is 0. The van der Waals surface area contributed by atoms with E-state index in [1.807, 2.05) is 30.3 Å². The smallest absolute Gasteiger partial charge is 0.286 e. The molecular weight excluding hydrogens is 385 g/mol. The van der Waals surface area contributed by atoms with E-state index in [4.69, 9.17) is 14.6 Å². The third-order valence-electron chi connectivity index (χ3n) is 5.18. The molecule has 0 bridgehead atoms. The Morgan fingerprint density at radius 1 is 1.13 bits per heavy atom. The highest BCUT2D eigenvalue weighted by Gasteiger charge is 2.29. The average Bonchev–Trinajstić information content (AvgIpc) is 2.77. The minimum atomic E-state index is -0.522. The van der Waals surface area contributed by atoms with Gasteiger partial charge in [0.15, 0.2) is 5.76 Å². The highest BCUT2D eigenvalue weighted by atomic mass is 19.1. The lowest BCUT2D eigenvalue weighted by molar-refractivity contribution is -0.155. The number of aliphatic hydroxyl groups excluding tert-OH is 1. The number of amides is 1. The Balaban J connectivity index is 1.59. The third kappa shape index (κ3) is 6.15. The number of rotatable bonds is 8. The van der Waals surface area contributed by atoms with E-state index in [0.29, 0.717) is 18.9 Å². The Hall–Kier alpha value is -2.70. The Bertz CT molecular complexity index is 862. The molecule has 0 spiro atoms. The minimum absolute atomic E-state index is 0.00410. The molecule has 0 aromatic heterocycles. The zero-order chi connectivity index (χ0) is 21.5. The fraction of sp³-hybridized carbons (Fsp3) is 0.375. The van der Waals surface area contributed by atoms with Gasteiger partial charge >= 0.3 is 0 Å². The molecule has 2 N–H and O–H groups in total. The molecule has 30 heavy (non-hydrogen) atoms. The van der Waals surface area contributed by atoms with Crippen LogP contribution in [0, 0.1) is 17.7 Å². The molecule has 160 valence electrons. The van der Waals surface area contributed by atoms with Crippen molar-refractivity contribution in [2.75, 3.05) is 0 Å². The maximum atomic E-state index is 13.0. The molecule has 6 heteroatoms. The first-order valence-corrected chi connectivity index (χ1v) is 10.2. The van der Waals surface area contributed by atoms with Gasteiger partial charge in [0.2, 0.25) is 6.29 Å². The molecular formula is C24H28FNO4. The van der Waals surface area contributed by atoms with Gasteiger partial charge in [0, 0.05) is 13.0 Å². The molecule has 1 aliphatic heterocycles. The standard InChI is InChI=1S/C24H28FNO4/c1-16(2)20-11-22(24(28)26-13-17-7-9-21(25)10-8-17)30-23(12-20)29-15-19-5-3-18(14-27)4-6-19/h3-11,16,20,23,27H,12-15H2,1-2H3,(H,26,28). The van der Waals surface area contributed by atoms with Gasteiger partial charge in [-0.1, -0.05) is 50.2 Å². The van der Waals surface area contributed by atoms with Crippen molar-refractivity contribution in [3.05, 3.63) is 82.9 Å². The average molecular weight is 413 g/mol. The third-order valence-corrected chi connectivity index (χ3v) is 5.18. The zero-order valence-corrected chi connectivity index (χ0v) is 17.3. The first kappa shape index (κ1) is 22.0. The summed E-state index contributed by atoms with van der Waals surface area (Å²) in [4.78, 5) is 12.6. The van der Waals surface area contributed by atoms with Crippen LogP contribution >= 0.6 is 0 Å². The Labute approximate surface area is 176 Å². The van der Waals surface area contributed by atoms with Crippen LogP contribution in [0.1, 0.15) is 37.0 Å². The largest absolute Gasteiger partial charge is 0.459 e. The number of nitrogens with one attached hydrogen (secondary N) is 1. The van der Waals surface area contributed by atoms with Crippen LogP contribution < -0.4 is 5.32 Å². The number of aliphatic hydroxyl groups is 1. The molecule has 0 saturated heterocycles. The summed E-state index contributed by atoms with van der Waals surface area (Å²) in [5.41, 5.74) is 2.62. The maximum Gasteiger partial charge on any atom is 0.286 e. The van der Waals surface area contributed by atoms with Crippen molar-refractivity contribution in [2.24, 2.45) is 11.8 Å². The van der Waals surface area contributed by atoms with Crippen molar-refractivity contribution in [3.8, 4) is 0 Å². The van der Waals surface area contributed by atoms with Crippen LogP contribution in [0.15, 0.2) is 60.4 Å². The summed E-state index contributed by atoms with van der Waals surface area (Å²) in [5, 5.41) is 12.0. The van der Waals surface area contributed by atoms with Gasteiger partial charge in [0.25, 0.3) is 5.91 Å². The van der Waals surface area contributed by atoms with E-state index in [9.17, 15) is 9.18 Å². The summed E-state index contributed by atoms with van der Waals surface area (Å²) < 4.78 is 24.8. The van der Waals surface area contributed by atoms with Crippen molar-refractivity contribution in [3.63, 3.8) is 0 Å². The predicted molar refractivity (Wildman–Crippen MR) is 111 cm³/mol. The monoisotopic (exact) mass is 413 g/mol. The Morgan fingerprint density at radius 2 is 1.77 bits per heavy atom. The number of halogens is 1. The van der Waals surface area contributed by atoms with Crippen LogP contribution in [-0.2, 0) is 34.0 Å². The first-order chi connectivity index (χ1) is 14.4. The quantitative estimate of drug-likeness (QED) is 0.685. The van der Waals surface area contributed by atoms with Crippen LogP contribution in [0.3, 0.4) is 0 Å². The van der Waals surface area contributed by atoms with Gasteiger partial charge in [-0.15, -0.1) is 0 Å². The summed E-state index contributed by atoms with van der Waals surface area (Å²) in [7, 11) is 0. The predicted octanol–water partition coefficient (Wildman–Crippen LogP) is 4.05. The fourth-order valence-corrected chi connectivity index (χ4v) is 3.21. The van der Waals surface area contributed by atoms with Crippen molar-refractivity contribution in [1.29, 1.82) is 0 Å². The van der Waals surface area contributed by atoms with E-state index < -0.39 is 6.29 Å². The molecule has 3 rings (SSSR count). The SMILES string of the molecule is CC(C)C1C=C(C(=O)NCc2ccc(F)cc2)OC(OCc2ccc(CO)cc2)C1. The second-order valence-corrected chi connectivity index (χ2v) is 7.82. The molecule has 2 aromatic rings. The lowest BCUT2D eigenvalue weighted by Gasteiger charge is -2.31. The molecule has 5 nitrogen and oxygen atoms in total. The molecule has 1 aliphatic rings. The van der Waals surface area contributed by atoms with Crippen molar-refractivity contribution in [1.82, 2.24) is 5.32 Å². The van der Waals surface area contributed by atoms with E-state index in [1.165, 1.54) is 12.1 Å². The molecule has 1 heterocycles. The molecule has 0 aliphatic carbocycles. The van der Waals surface area contributed by atoms with Gasteiger partial charge < -0.3 is 19.9 Å². The van der Waals surface area contributed by atoms with Crippen LogP contribution in [0.25, 0.3) is 0 Å². The van der Waals surface area contributed by atoms with E-state index >= 15 is 0 Å². The van der Waals surface area contributed by atoms with E-state index in [2.05, 4.69) is 19.2 Å². The summed E-state index contributed by atoms with van der Waals surface area (Å²) in [6, 6.07) is 13.5. The number of allylic oxidation sites excluding steroid dienone is 1. The van der Waals surface area contributed by atoms with Gasteiger partial charge in [-0.2, -0.15) is 0 Å². The second kappa shape index (κ2) is 10.4. The van der Waals surface area contributed by atoms with Crippen molar-refractivity contribution >= 4 is 5.91 Å². The van der Waals surface area contributed by atoms with Crippen molar-refractivity contribution < 1.29 is 23.8 Å². The van der Waals surface area contributed by atoms with Gasteiger partial charge in [0.05, 0.1) is 13.2 Å². The molecule has 2 aromatic carbocycles. The number of hydrogen-bond donors (Lipinski definition) is 2. The maximum absolute atomic E-state index is 13.0. The van der Waals surface area contributed by atoms with Gasteiger partial charge in [-0.3, -0.25) is 4.79 Å². The summed E-state index contributed by atoms with van der Waals surface area (Å²) in [6.45, 7) is 4.85. The minimum Gasteiger partial charge on any atom is -0.459 e. The van der Waals surface area contributed by atoms with Crippen LogP contribution in [-0.4, -0.2) is 17.3 Å². The molecule has 2 atom stereocenters. The first-order valence-electron chi connectivity index (χ1n) is 10.2. The molecule has 0 saturated carbocycles. The summed E-state index contributed by atoms with van der Waals surface area (Å²) in [5.74, 6) is 0.123. The van der Waals surface area contributed by atoms with Crippen molar-refractivity contribution in [2.45, 2.75) is 46.3 Å². The number of hydrogen-bond acceptors (Lipinski definition) is 4. The van der Waals surface area contributed by atoms with E-state index in [-0.39, 0.29) is 36.6 Å². The lowest BCUT2D eigenvalue weighted by atomic mass is 9.90. The molecule has 0 fully saturated rings. The van der Waals surface area contributed by atoms with E-state index in [1.54, 1.807) is 12.1 Å². The molecule has 2 unspecified atom stereocenters. The Morgan fingerprint density at radius 3 is 2.40 bits per heavy atom. The van der Waals surface area contributed by atoms with Crippen LogP contribution in [0.5, 0.6) is 0 Å². The molecule has 0 radical (unpaired) electrons. The van der Waals surface area contributed by atoms with Crippen LogP contribution in [0.2, 0.25) is 0 Å². The normalized spacial score (nSPS) is 18.6. The highest BCUT2D eigenvalue weighted by molar-refractivity contribution is 5.91. The fourth-order valence-electron chi connectivity index (χ4n) is 3.21. The lowest BCUT2D eigenvalue weighted by Crippen LogP contribution is -2.34. The topological polar surface area (TPSA) is 67.8 Å². The Kier molecular flexibility index (Phi) is 7.60. The number of carbonyl (C=O) groups is 1. The second-order valence-electron chi connectivity index (χ2n) is 7.82. The van der Waals surface area contributed by atoms with Gasteiger partial charge in [-0.05, 0) is 46.7 Å². The number of carbonyl (C=O) groups excluding carboxylic acids is 1. The van der Waals surface area contributed by atoms with Gasteiger partial charge in [-0.25, -0.2) is 4.39 Å². The number of ether oxygens (including phenoxy) is 2.